The Morgan fingerprint density at radius 2 is 1.88 bits per heavy atom. The van der Waals surface area contributed by atoms with Gasteiger partial charge in [0.1, 0.15) is 0 Å². The SMILES string of the molecule is CNC1CCCN(C(=O)c2cc(-c3ccccc3)nc3ccccc23)C1. The van der Waals surface area contributed by atoms with Crippen LogP contribution in [-0.4, -0.2) is 42.0 Å². The first-order valence-corrected chi connectivity index (χ1v) is 9.18. The number of carbonyl (C=O) groups is 1. The van der Waals surface area contributed by atoms with Gasteiger partial charge in [-0.15, -0.1) is 0 Å². The lowest BCUT2D eigenvalue weighted by Gasteiger charge is -2.33. The van der Waals surface area contributed by atoms with Gasteiger partial charge in [-0.2, -0.15) is 0 Å². The number of benzene rings is 2. The lowest BCUT2D eigenvalue weighted by molar-refractivity contribution is 0.0700. The van der Waals surface area contributed by atoms with Crippen LogP contribution >= 0.6 is 0 Å². The Kier molecular flexibility index (Phi) is 4.67. The van der Waals surface area contributed by atoms with Crippen molar-refractivity contribution in [1.82, 2.24) is 15.2 Å². The lowest BCUT2D eigenvalue weighted by Crippen LogP contribution is -2.47. The van der Waals surface area contributed by atoms with Gasteiger partial charge < -0.3 is 10.2 Å². The summed E-state index contributed by atoms with van der Waals surface area (Å²) in [6.07, 6.45) is 2.15. The molecule has 4 rings (SSSR count). The summed E-state index contributed by atoms with van der Waals surface area (Å²) in [5, 5.41) is 4.23. The molecule has 1 atom stereocenters. The van der Waals surface area contributed by atoms with E-state index < -0.39 is 0 Å². The highest BCUT2D eigenvalue weighted by Gasteiger charge is 2.25. The first kappa shape index (κ1) is 16.7. The minimum absolute atomic E-state index is 0.0979. The topological polar surface area (TPSA) is 45.2 Å². The van der Waals surface area contributed by atoms with Gasteiger partial charge in [-0.05, 0) is 32.0 Å². The molecule has 0 saturated carbocycles. The summed E-state index contributed by atoms with van der Waals surface area (Å²) in [7, 11) is 1.97. The molecule has 1 amide bonds. The van der Waals surface area contributed by atoms with Gasteiger partial charge in [-0.1, -0.05) is 48.5 Å². The van der Waals surface area contributed by atoms with Crippen LogP contribution in [0.2, 0.25) is 0 Å². The fourth-order valence-electron chi connectivity index (χ4n) is 3.68. The number of nitrogens with one attached hydrogen (secondary N) is 1. The molecule has 0 spiro atoms. The quantitative estimate of drug-likeness (QED) is 0.787. The zero-order chi connectivity index (χ0) is 17.9. The summed E-state index contributed by atoms with van der Waals surface area (Å²) in [5.74, 6) is 0.0979. The van der Waals surface area contributed by atoms with Crippen LogP contribution in [-0.2, 0) is 0 Å². The van der Waals surface area contributed by atoms with E-state index >= 15 is 0 Å². The van der Waals surface area contributed by atoms with Gasteiger partial charge in [-0.3, -0.25) is 4.79 Å². The first-order valence-electron chi connectivity index (χ1n) is 9.18. The predicted molar refractivity (Wildman–Crippen MR) is 105 cm³/mol. The number of aromatic nitrogens is 1. The molecule has 1 aliphatic heterocycles. The molecule has 0 radical (unpaired) electrons. The number of nitrogens with zero attached hydrogens (tertiary/aromatic N) is 2. The molecule has 1 aliphatic rings. The zero-order valence-corrected chi connectivity index (χ0v) is 15.0. The van der Waals surface area contributed by atoms with E-state index in [9.17, 15) is 4.79 Å². The molecule has 132 valence electrons. The standard InChI is InChI=1S/C22H23N3O/c1-23-17-10-7-13-25(15-17)22(26)19-14-21(16-8-3-2-4-9-16)24-20-12-6-5-11-18(19)20/h2-6,8-9,11-12,14,17,23H,7,10,13,15H2,1H3. The van der Waals surface area contributed by atoms with Crippen LogP contribution in [0.25, 0.3) is 22.2 Å². The monoisotopic (exact) mass is 345 g/mol. The third kappa shape index (κ3) is 3.20. The molecule has 0 bridgehead atoms. The van der Waals surface area contributed by atoms with E-state index in [2.05, 4.69) is 5.32 Å². The molecule has 0 aliphatic carbocycles. The van der Waals surface area contributed by atoms with Gasteiger partial charge in [0.05, 0.1) is 16.8 Å². The number of para-hydroxylation sites is 1. The van der Waals surface area contributed by atoms with Gasteiger partial charge in [0.2, 0.25) is 0 Å². The molecule has 1 N–H and O–H groups in total. The summed E-state index contributed by atoms with van der Waals surface area (Å²) < 4.78 is 0. The van der Waals surface area contributed by atoms with E-state index in [1.54, 1.807) is 0 Å². The number of hydrogen-bond acceptors (Lipinski definition) is 3. The van der Waals surface area contributed by atoms with E-state index in [0.717, 1.165) is 53.7 Å². The molecule has 26 heavy (non-hydrogen) atoms. The molecule has 4 nitrogen and oxygen atoms in total. The van der Waals surface area contributed by atoms with Crippen molar-refractivity contribution in [3.63, 3.8) is 0 Å². The van der Waals surface area contributed by atoms with Crippen molar-refractivity contribution in [2.24, 2.45) is 0 Å². The van der Waals surface area contributed by atoms with Crippen LogP contribution < -0.4 is 5.32 Å². The van der Waals surface area contributed by atoms with Crippen molar-refractivity contribution >= 4 is 16.8 Å². The molecule has 1 aromatic heterocycles. The highest BCUT2D eigenvalue weighted by molar-refractivity contribution is 6.07. The van der Waals surface area contributed by atoms with E-state index in [-0.39, 0.29) is 5.91 Å². The second-order valence-corrected chi connectivity index (χ2v) is 6.82. The Labute approximate surface area is 153 Å². The van der Waals surface area contributed by atoms with Gasteiger partial charge in [-0.25, -0.2) is 4.98 Å². The first-order chi connectivity index (χ1) is 12.8. The lowest BCUT2D eigenvalue weighted by atomic mass is 10.0. The molecule has 1 unspecified atom stereocenters. The van der Waals surface area contributed by atoms with Crippen molar-refractivity contribution in [2.75, 3.05) is 20.1 Å². The number of carbonyl (C=O) groups excluding carboxylic acids is 1. The number of hydrogen-bond donors (Lipinski definition) is 1. The number of likely N-dealkylation sites (tertiary alicyclic amines) is 1. The smallest absolute Gasteiger partial charge is 0.254 e. The van der Waals surface area contributed by atoms with Gasteiger partial charge >= 0.3 is 0 Å². The maximum atomic E-state index is 13.3. The minimum Gasteiger partial charge on any atom is -0.337 e. The van der Waals surface area contributed by atoms with Crippen LogP contribution in [0.3, 0.4) is 0 Å². The zero-order valence-electron chi connectivity index (χ0n) is 15.0. The molecular formula is C22H23N3O. The Morgan fingerprint density at radius 1 is 1.12 bits per heavy atom. The van der Waals surface area contributed by atoms with E-state index in [4.69, 9.17) is 4.98 Å². The van der Waals surface area contributed by atoms with Gasteiger partial charge in [0, 0.05) is 30.1 Å². The second kappa shape index (κ2) is 7.26. The number of piperidine rings is 1. The molecule has 2 heterocycles. The second-order valence-electron chi connectivity index (χ2n) is 6.82. The number of rotatable bonds is 3. The normalized spacial score (nSPS) is 17.4. The van der Waals surface area contributed by atoms with E-state index in [1.807, 2.05) is 72.6 Å². The Morgan fingerprint density at radius 3 is 2.69 bits per heavy atom. The highest BCUT2D eigenvalue weighted by atomic mass is 16.2. The van der Waals surface area contributed by atoms with Crippen LogP contribution in [0, 0.1) is 0 Å². The van der Waals surface area contributed by atoms with Crippen LogP contribution in [0.4, 0.5) is 0 Å². The summed E-state index contributed by atoms with van der Waals surface area (Å²) in [4.78, 5) is 20.1. The number of pyridine rings is 1. The van der Waals surface area contributed by atoms with Crippen LogP contribution in [0.1, 0.15) is 23.2 Å². The Balaban J connectivity index is 1.79. The van der Waals surface area contributed by atoms with Gasteiger partial charge in [0.25, 0.3) is 5.91 Å². The minimum atomic E-state index is 0.0979. The van der Waals surface area contributed by atoms with E-state index in [1.165, 1.54) is 0 Å². The number of fused-ring (bicyclic) bond motifs is 1. The predicted octanol–water partition coefficient (Wildman–Crippen LogP) is 3.73. The fourth-order valence-corrected chi connectivity index (χ4v) is 3.68. The molecule has 2 aromatic carbocycles. The Hall–Kier alpha value is -2.72. The summed E-state index contributed by atoms with van der Waals surface area (Å²) in [5.41, 5.74) is 3.47. The molecule has 1 fully saturated rings. The van der Waals surface area contributed by atoms with Crippen molar-refractivity contribution in [1.29, 1.82) is 0 Å². The average molecular weight is 345 g/mol. The van der Waals surface area contributed by atoms with Crippen molar-refractivity contribution in [3.8, 4) is 11.3 Å². The van der Waals surface area contributed by atoms with Crippen LogP contribution in [0.15, 0.2) is 60.7 Å². The van der Waals surface area contributed by atoms with Crippen molar-refractivity contribution < 1.29 is 4.79 Å². The summed E-state index contributed by atoms with van der Waals surface area (Å²) in [6.45, 7) is 1.57. The molecule has 1 saturated heterocycles. The fraction of sp³-hybridized carbons (Fsp3) is 0.273. The maximum absolute atomic E-state index is 13.3. The molecule has 3 aromatic rings. The third-order valence-electron chi connectivity index (χ3n) is 5.13. The highest BCUT2D eigenvalue weighted by Crippen LogP contribution is 2.26. The molecular weight excluding hydrogens is 322 g/mol. The molecule has 4 heteroatoms. The Bertz CT molecular complexity index is 923. The maximum Gasteiger partial charge on any atom is 0.254 e. The average Bonchev–Trinajstić information content (AvgIpc) is 2.73. The van der Waals surface area contributed by atoms with Crippen molar-refractivity contribution in [3.05, 3.63) is 66.2 Å². The van der Waals surface area contributed by atoms with E-state index in [0.29, 0.717) is 6.04 Å². The number of likely N-dealkylation sites (N-methyl/N-ethyl adjacent to an activating group) is 1. The number of amides is 1. The van der Waals surface area contributed by atoms with Crippen molar-refractivity contribution in [2.45, 2.75) is 18.9 Å². The largest absolute Gasteiger partial charge is 0.337 e. The van der Waals surface area contributed by atoms with Crippen LogP contribution in [0.5, 0.6) is 0 Å². The summed E-state index contributed by atoms with van der Waals surface area (Å²) >= 11 is 0. The summed E-state index contributed by atoms with van der Waals surface area (Å²) in [6, 6.07) is 20.3. The third-order valence-corrected chi connectivity index (χ3v) is 5.13. The van der Waals surface area contributed by atoms with Gasteiger partial charge in [0.15, 0.2) is 0 Å².